The average molecular weight is 384 g/mol. The molecule has 2 aromatic rings. The van der Waals surface area contributed by atoms with Crippen molar-refractivity contribution in [2.75, 3.05) is 5.32 Å². The normalized spacial score (nSPS) is 11.7. The van der Waals surface area contributed by atoms with Crippen LogP contribution in [0.15, 0.2) is 46.9 Å². The quantitative estimate of drug-likeness (QED) is 0.814. The molecule has 2 aromatic carbocycles. The Labute approximate surface area is 139 Å². The van der Waals surface area contributed by atoms with E-state index in [0.717, 1.165) is 16.6 Å². The number of hydrogen-bond acceptors (Lipinski definition) is 3. The molecule has 0 bridgehead atoms. The Balaban J connectivity index is 2.01. The van der Waals surface area contributed by atoms with Gasteiger partial charge in [0.05, 0.1) is 5.56 Å². The van der Waals surface area contributed by atoms with Crippen molar-refractivity contribution in [1.82, 2.24) is 0 Å². The number of anilines is 1. The topological polar surface area (TPSA) is 55.4 Å². The third-order valence-corrected chi connectivity index (χ3v) is 3.34. The highest BCUT2D eigenvalue weighted by Gasteiger charge is 2.20. The molecule has 120 valence electrons. The lowest BCUT2D eigenvalue weighted by Gasteiger charge is -2.13. The number of carbonyl (C=O) groups excluding carboxylic acids is 2. The molecule has 2 rings (SSSR count). The summed E-state index contributed by atoms with van der Waals surface area (Å²) in [5.41, 5.74) is 0.216. The van der Waals surface area contributed by atoms with Gasteiger partial charge in [0.25, 0.3) is 5.91 Å². The summed E-state index contributed by atoms with van der Waals surface area (Å²) in [4.78, 5) is 23.8. The minimum Gasteiger partial charge on any atom is -0.449 e. The maximum Gasteiger partial charge on any atom is 0.339 e. The first-order valence-electron chi connectivity index (χ1n) is 6.58. The van der Waals surface area contributed by atoms with Gasteiger partial charge in [-0.15, -0.1) is 0 Å². The Bertz CT molecular complexity index is 732. The van der Waals surface area contributed by atoms with E-state index in [1.54, 1.807) is 24.3 Å². The van der Waals surface area contributed by atoms with Crippen molar-refractivity contribution in [3.8, 4) is 0 Å². The Hall–Kier alpha value is -2.28. The molecule has 0 unspecified atom stereocenters. The van der Waals surface area contributed by atoms with Crippen molar-refractivity contribution < 1.29 is 23.1 Å². The first-order valence-corrected chi connectivity index (χ1v) is 7.38. The fraction of sp³-hybridized carbons (Fsp3) is 0.125. The summed E-state index contributed by atoms with van der Waals surface area (Å²) in [6.07, 6.45) is -1.13. The molecule has 0 radical (unpaired) electrons. The third kappa shape index (κ3) is 4.85. The van der Waals surface area contributed by atoms with Gasteiger partial charge < -0.3 is 10.1 Å². The van der Waals surface area contributed by atoms with E-state index in [4.69, 9.17) is 4.74 Å². The monoisotopic (exact) mass is 383 g/mol. The van der Waals surface area contributed by atoms with Gasteiger partial charge in [-0.3, -0.25) is 4.79 Å². The maximum atomic E-state index is 13.1. The van der Waals surface area contributed by atoms with Gasteiger partial charge in [0.2, 0.25) is 0 Å². The van der Waals surface area contributed by atoms with Gasteiger partial charge in [-0.1, -0.05) is 22.0 Å². The summed E-state index contributed by atoms with van der Waals surface area (Å²) in [6, 6.07) is 9.17. The van der Waals surface area contributed by atoms with Gasteiger partial charge in [0.1, 0.15) is 11.6 Å². The molecule has 1 amide bonds. The summed E-state index contributed by atoms with van der Waals surface area (Å²) in [6.45, 7) is 1.36. The largest absolute Gasteiger partial charge is 0.449 e. The summed E-state index contributed by atoms with van der Waals surface area (Å²) in [5.74, 6) is -3.35. The number of amides is 1. The van der Waals surface area contributed by atoms with Crippen LogP contribution in [0.3, 0.4) is 0 Å². The van der Waals surface area contributed by atoms with Crippen molar-refractivity contribution in [2.45, 2.75) is 13.0 Å². The summed E-state index contributed by atoms with van der Waals surface area (Å²) >= 11 is 3.27. The smallest absolute Gasteiger partial charge is 0.339 e. The maximum absolute atomic E-state index is 13.1. The fourth-order valence-corrected chi connectivity index (χ4v) is 2.16. The number of benzene rings is 2. The van der Waals surface area contributed by atoms with Gasteiger partial charge in [0, 0.05) is 16.2 Å². The number of rotatable bonds is 4. The SMILES string of the molecule is C[C@@H](OC(=O)c1cc(F)cc(F)c1)C(=O)Nc1cccc(Br)c1. The van der Waals surface area contributed by atoms with Crippen molar-refractivity contribution in [2.24, 2.45) is 0 Å². The zero-order valence-electron chi connectivity index (χ0n) is 12.0. The van der Waals surface area contributed by atoms with Crippen LogP contribution in [0.4, 0.5) is 14.5 Å². The predicted octanol–water partition coefficient (Wildman–Crippen LogP) is 3.91. The summed E-state index contributed by atoms with van der Waals surface area (Å²) in [5, 5.41) is 2.57. The van der Waals surface area contributed by atoms with Gasteiger partial charge >= 0.3 is 5.97 Å². The second kappa shape index (κ2) is 7.32. The highest BCUT2D eigenvalue weighted by atomic mass is 79.9. The van der Waals surface area contributed by atoms with E-state index in [-0.39, 0.29) is 5.56 Å². The molecule has 0 aliphatic carbocycles. The summed E-state index contributed by atoms with van der Waals surface area (Å²) < 4.78 is 31.8. The molecule has 7 heteroatoms. The molecule has 0 saturated heterocycles. The van der Waals surface area contributed by atoms with E-state index in [9.17, 15) is 18.4 Å². The first kappa shape index (κ1) is 17.1. The lowest BCUT2D eigenvalue weighted by molar-refractivity contribution is -0.123. The van der Waals surface area contributed by atoms with Crippen LogP contribution in [0.2, 0.25) is 0 Å². The molecule has 0 aliphatic heterocycles. The predicted molar refractivity (Wildman–Crippen MR) is 84.0 cm³/mol. The average Bonchev–Trinajstić information content (AvgIpc) is 2.46. The van der Waals surface area contributed by atoms with E-state index in [2.05, 4.69) is 21.2 Å². The van der Waals surface area contributed by atoms with Crippen LogP contribution in [0.25, 0.3) is 0 Å². The fourth-order valence-electron chi connectivity index (χ4n) is 1.76. The van der Waals surface area contributed by atoms with E-state index in [1.165, 1.54) is 6.92 Å². The minimum atomic E-state index is -1.13. The van der Waals surface area contributed by atoms with E-state index >= 15 is 0 Å². The Morgan fingerprint density at radius 3 is 2.39 bits per heavy atom. The molecule has 4 nitrogen and oxygen atoms in total. The number of esters is 1. The molecule has 1 atom stereocenters. The molecule has 23 heavy (non-hydrogen) atoms. The molecule has 1 N–H and O–H groups in total. The molecule has 0 spiro atoms. The van der Waals surface area contributed by atoms with E-state index in [1.807, 2.05) is 0 Å². The van der Waals surface area contributed by atoms with Gasteiger partial charge in [-0.25, -0.2) is 13.6 Å². The van der Waals surface area contributed by atoms with Gasteiger partial charge in [-0.2, -0.15) is 0 Å². The zero-order chi connectivity index (χ0) is 17.0. The molecule has 0 saturated carbocycles. The van der Waals surface area contributed by atoms with E-state index < -0.39 is 29.6 Å². The Morgan fingerprint density at radius 1 is 1.13 bits per heavy atom. The van der Waals surface area contributed by atoms with Gasteiger partial charge in [0.15, 0.2) is 6.10 Å². The molecule has 0 heterocycles. The standard InChI is InChI=1S/C16H12BrF2NO3/c1-9(15(21)20-14-4-2-3-11(17)7-14)23-16(22)10-5-12(18)8-13(19)6-10/h2-9H,1H3,(H,20,21)/t9-/m1/s1. The second-order valence-corrected chi connectivity index (χ2v) is 5.62. The highest BCUT2D eigenvalue weighted by molar-refractivity contribution is 9.10. The molecule has 0 aromatic heterocycles. The Kier molecular flexibility index (Phi) is 5.44. The molecular formula is C16H12BrF2NO3. The number of nitrogens with one attached hydrogen (secondary N) is 1. The number of hydrogen-bond donors (Lipinski definition) is 1. The lowest BCUT2D eigenvalue weighted by Crippen LogP contribution is -2.30. The summed E-state index contributed by atoms with van der Waals surface area (Å²) in [7, 11) is 0. The molecular weight excluding hydrogens is 372 g/mol. The Morgan fingerprint density at radius 2 is 1.78 bits per heavy atom. The van der Waals surface area contributed by atoms with Gasteiger partial charge in [-0.05, 0) is 37.3 Å². The van der Waals surface area contributed by atoms with Crippen LogP contribution in [-0.4, -0.2) is 18.0 Å². The van der Waals surface area contributed by atoms with Crippen LogP contribution in [0.5, 0.6) is 0 Å². The van der Waals surface area contributed by atoms with Crippen LogP contribution in [0.1, 0.15) is 17.3 Å². The van der Waals surface area contributed by atoms with Crippen LogP contribution < -0.4 is 5.32 Å². The van der Waals surface area contributed by atoms with Crippen molar-refractivity contribution >= 4 is 33.5 Å². The molecule has 0 fully saturated rings. The second-order valence-electron chi connectivity index (χ2n) is 4.71. The first-order chi connectivity index (χ1) is 10.8. The number of ether oxygens (including phenoxy) is 1. The zero-order valence-corrected chi connectivity index (χ0v) is 13.6. The van der Waals surface area contributed by atoms with Crippen molar-refractivity contribution in [3.05, 3.63) is 64.1 Å². The third-order valence-electron chi connectivity index (χ3n) is 2.84. The minimum absolute atomic E-state index is 0.301. The number of carbonyl (C=O) groups is 2. The highest BCUT2D eigenvalue weighted by Crippen LogP contribution is 2.16. The van der Waals surface area contributed by atoms with Crippen molar-refractivity contribution in [1.29, 1.82) is 0 Å². The van der Waals surface area contributed by atoms with E-state index in [0.29, 0.717) is 11.8 Å². The number of halogens is 3. The van der Waals surface area contributed by atoms with Crippen molar-refractivity contribution in [3.63, 3.8) is 0 Å². The van der Waals surface area contributed by atoms with Crippen LogP contribution in [0, 0.1) is 11.6 Å². The van der Waals surface area contributed by atoms with Crippen LogP contribution in [-0.2, 0) is 9.53 Å². The van der Waals surface area contributed by atoms with Crippen LogP contribution >= 0.6 is 15.9 Å². The molecule has 0 aliphatic rings. The lowest BCUT2D eigenvalue weighted by atomic mass is 10.2.